The summed E-state index contributed by atoms with van der Waals surface area (Å²) in [6.07, 6.45) is 0. The van der Waals surface area contributed by atoms with Gasteiger partial charge < -0.3 is 10.6 Å². The number of aryl methyl sites for hydroxylation is 1. The van der Waals surface area contributed by atoms with Crippen molar-refractivity contribution in [2.75, 3.05) is 5.32 Å². The van der Waals surface area contributed by atoms with E-state index in [1.165, 1.54) is 5.56 Å². The SMILES string of the molecule is Cc1ccc(NC(=O)C(C)NC(C)C(C)C)cc1. The molecule has 0 aliphatic rings. The summed E-state index contributed by atoms with van der Waals surface area (Å²) in [5.74, 6) is 0.519. The lowest BCUT2D eigenvalue weighted by molar-refractivity contribution is -0.118. The van der Waals surface area contributed by atoms with Gasteiger partial charge in [0.25, 0.3) is 0 Å². The predicted octanol–water partition coefficient (Wildman–Crippen LogP) is 2.96. The Bertz CT molecular complexity index is 384. The van der Waals surface area contributed by atoms with E-state index in [-0.39, 0.29) is 11.9 Å². The molecule has 0 saturated carbocycles. The number of rotatable bonds is 5. The zero-order valence-corrected chi connectivity index (χ0v) is 11.9. The van der Waals surface area contributed by atoms with E-state index in [1.54, 1.807) is 0 Å². The molecule has 0 bridgehead atoms. The summed E-state index contributed by atoms with van der Waals surface area (Å²) in [4.78, 5) is 12.0. The second-order valence-corrected chi connectivity index (χ2v) is 5.28. The normalized spacial score (nSPS) is 14.3. The van der Waals surface area contributed by atoms with E-state index in [1.807, 2.05) is 38.1 Å². The van der Waals surface area contributed by atoms with Crippen LogP contribution in [0.25, 0.3) is 0 Å². The maximum atomic E-state index is 12.0. The van der Waals surface area contributed by atoms with Gasteiger partial charge in [0.1, 0.15) is 0 Å². The lowest BCUT2D eigenvalue weighted by atomic mass is 10.1. The number of benzene rings is 1. The molecule has 1 aromatic carbocycles. The molecule has 18 heavy (non-hydrogen) atoms. The molecular formula is C15H24N2O. The number of amides is 1. The van der Waals surface area contributed by atoms with Gasteiger partial charge in [-0.1, -0.05) is 31.5 Å². The summed E-state index contributed by atoms with van der Waals surface area (Å²) in [5, 5.41) is 6.21. The third-order valence-corrected chi connectivity index (χ3v) is 3.23. The largest absolute Gasteiger partial charge is 0.325 e. The van der Waals surface area contributed by atoms with Crippen molar-refractivity contribution in [1.29, 1.82) is 0 Å². The van der Waals surface area contributed by atoms with Crippen molar-refractivity contribution >= 4 is 11.6 Å². The van der Waals surface area contributed by atoms with Crippen LogP contribution in [-0.4, -0.2) is 18.0 Å². The molecule has 1 rings (SSSR count). The molecule has 0 aromatic heterocycles. The Balaban J connectivity index is 2.52. The van der Waals surface area contributed by atoms with Crippen molar-refractivity contribution < 1.29 is 4.79 Å². The summed E-state index contributed by atoms with van der Waals surface area (Å²) in [6.45, 7) is 10.3. The number of nitrogens with one attached hydrogen (secondary N) is 2. The number of carbonyl (C=O) groups excluding carboxylic acids is 1. The smallest absolute Gasteiger partial charge is 0.241 e. The number of hydrogen-bond acceptors (Lipinski definition) is 2. The summed E-state index contributed by atoms with van der Waals surface area (Å²) in [5.41, 5.74) is 2.03. The first-order valence-electron chi connectivity index (χ1n) is 6.53. The zero-order chi connectivity index (χ0) is 13.7. The Morgan fingerprint density at radius 2 is 1.61 bits per heavy atom. The first-order chi connectivity index (χ1) is 8.40. The average molecular weight is 248 g/mol. The first-order valence-corrected chi connectivity index (χ1v) is 6.53. The van der Waals surface area contributed by atoms with Crippen LogP contribution in [-0.2, 0) is 4.79 Å². The predicted molar refractivity (Wildman–Crippen MR) is 76.7 cm³/mol. The highest BCUT2D eigenvalue weighted by molar-refractivity contribution is 5.94. The van der Waals surface area contributed by atoms with Crippen LogP contribution in [0.5, 0.6) is 0 Å². The molecule has 0 fully saturated rings. The Labute approximate surface area is 110 Å². The Hall–Kier alpha value is -1.35. The average Bonchev–Trinajstić information content (AvgIpc) is 2.31. The molecule has 2 unspecified atom stereocenters. The summed E-state index contributed by atoms with van der Waals surface area (Å²) >= 11 is 0. The van der Waals surface area contributed by atoms with Crippen LogP contribution in [0.15, 0.2) is 24.3 Å². The molecule has 100 valence electrons. The molecule has 0 heterocycles. The molecule has 0 aliphatic carbocycles. The van der Waals surface area contributed by atoms with E-state index < -0.39 is 0 Å². The standard InChI is InChI=1S/C15H24N2O/c1-10(2)12(4)16-13(5)15(18)17-14-8-6-11(3)7-9-14/h6-10,12-13,16H,1-5H3,(H,17,18). The minimum atomic E-state index is -0.191. The van der Waals surface area contributed by atoms with Crippen LogP contribution in [0.1, 0.15) is 33.3 Å². The van der Waals surface area contributed by atoms with Gasteiger partial charge in [-0.3, -0.25) is 4.79 Å². The van der Waals surface area contributed by atoms with E-state index in [0.29, 0.717) is 12.0 Å². The Morgan fingerprint density at radius 1 is 1.06 bits per heavy atom. The van der Waals surface area contributed by atoms with Gasteiger partial charge in [0.2, 0.25) is 5.91 Å². The molecule has 1 amide bonds. The van der Waals surface area contributed by atoms with Crippen molar-refractivity contribution in [2.45, 2.75) is 46.7 Å². The molecule has 0 saturated heterocycles. The van der Waals surface area contributed by atoms with Crippen LogP contribution in [0.2, 0.25) is 0 Å². The fourth-order valence-corrected chi connectivity index (χ4v) is 1.55. The number of carbonyl (C=O) groups is 1. The second-order valence-electron chi connectivity index (χ2n) is 5.28. The highest BCUT2D eigenvalue weighted by Gasteiger charge is 2.16. The van der Waals surface area contributed by atoms with Crippen LogP contribution >= 0.6 is 0 Å². The summed E-state index contributed by atoms with van der Waals surface area (Å²) in [7, 11) is 0. The monoisotopic (exact) mass is 248 g/mol. The molecule has 2 atom stereocenters. The van der Waals surface area contributed by atoms with Crippen LogP contribution in [0.4, 0.5) is 5.69 Å². The molecular weight excluding hydrogens is 224 g/mol. The number of hydrogen-bond donors (Lipinski definition) is 2. The fourth-order valence-electron chi connectivity index (χ4n) is 1.55. The lowest BCUT2D eigenvalue weighted by Gasteiger charge is -2.22. The molecule has 0 aliphatic heterocycles. The van der Waals surface area contributed by atoms with Crippen molar-refractivity contribution in [3.05, 3.63) is 29.8 Å². The van der Waals surface area contributed by atoms with Gasteiger partial charge in [-0.05, 0) is 38.8 Å². The molecule has 0 radical (unpaired) electrons. The topological polar surface area (TPSA) is 41.1 Å². The Morgan fingerprint density at radius 3 is 2.11 bits per heavy atom. The lowest BCUT2D eigenvalue weighted by Crippen LogP contribution is -2.44. The highest BCUT2D eigenvalue weighted by Crippen LogP contribution is 2.09. The summed E-state index contributed by atoms with van der Waals surface area (Å²) in [6, 6.07) is 7.96. The van der Waals surface area contributed by atoms with Gasteiger partial charge in [0.05, 0.1) is 6.04 Å². The first kappa shape index (κ1) is 14.7. The van der Waals surface area contributed by atoms with Crippen molar-refractivity contribution in [2.24, 2.45) is 5.92 Å². The van der Waals surface area contributed by atoms with Crippen molar-refractivity contribution in [1.82, 2.24) is 5.32 Å². The van der Waals surface area contributed by atoms with Crippen LogP contribution < -0.4 is 10.6 Å². The maximum absolute atomic E-state index is 12.0. The fraction of sp³-hybridized carbons (Fsp3) is 0.533. The third-order valence-electron chi connectivity index (χ3n) is 3.23. The minimum Gasteiger partial charge on any atom is -0.325 e. The number of anilines is 1. The quantitative estimate of drug-likeness (QED) is 0.841. The third kappa shape index (κ3) is 4.49. The second kappa shape index (κ2) is 6.55. The summed E-state index contributed by atoms with van der Waals surface area (Å²) < 4.78 is 0. The van der Waals surface area contributed by atoms with Gasteiger partial charge in [0, 0.05) is 11.7 Å². The van der Waals surface area contributed by atoms with Crippen molar-refractivity contribution in [3.8, 4) is 0 Å². The van der Waals surface area contributed by atoms with Crippen LogP contribution in [0.3, 0.4) is 0 Å². The molecule has 0 spiro atoms. The van der Waals surface area contributed by atoms with Crippen LogP contribution in [0, 0.1) is 12.8 Å². The molecule has 1 aromatic rings. The van der Waals surface area contributed by atoms with Gasteiger partial charge in [0.15, 0.2) is 0 Å². The Kier molecular flexibility index (Phi) is 5.35. The van der Waals surface area contributed by atoms with Gasteiger partial charge >= 0.3 is 0 Å². The van der Waals surface area contributed by atoms with E-state index in [0.717, 1.165) is 5.69 Å². The minimum absolute atomic E-state index is 0.00588. The molecule has 3 heteroatoms. The van der Waals surface area contributed by atoms with Gasteiger partial charge in [-0.25, -0.2) is 0 Å². The van der Waals surface area contributed by atoms with E-state index >= 15 is 0 Å². The van der Waals surface area contributed by atoms with Gasteiger partial charge in [-0.15, -0.1) is 0 Å². The highest BCUT2D eigenvalue weighted by atomic mass is 16.2. The van der Waals surface area contributed by atoms with Crippen molar-refractivity contribution in [3.63, 3.8) is 0 Å². The van der Waals surface area contributed by atoms with E-state index in [2.05, 4.69) is 31.4 Å². The van der Waals surface area contributed by atoms with Gasteiger partial charge in [-0.2, -0.15) is 0 Å². The zero-order valence-electron chi connectivity index (χ0n) is 11.9. The maximum Gasteiger partial charge on any atom is 0.241 e. The molecule has 2 N–H and O–H groups in total. The van der Waals surface area contributed by atoms with E-state index in [4.69, 9.17) is 0 Å². The van der Waals surface area contributed by atoms with E-state index in [9.17, 15) is 4.79 Å². The molecule has 3 nitrogen and oxygen atoms in total.